The van der Waals surface area contributed by atoms with E-state index in [0.29, 0.717) is 38.3 Å². The van der Waals surface area contributed by atoms with Gasteiger partial charge >= 0.3 is 0 Å². The zero-order valence-electron chi connectivity index (χ0n) is 21.1. The van der Waals surface area contributed by atoms with E-state index in [1.807, 2.05) is 30.3 Å². The van der Waals surface area contributed by atoms with Gasteiger partial charge in [0.1, 0.15) is 12.4 Å². The van der Waals surface area contributed by atoms with E-state index in [1.165, 1.54) is 11.1 Å². The fourth-order valence-corrected chi connectivity index (χ4v) is 5.84. The third-order valence-corrected chi connectivity index (χ3v) is 8.70. The number of hydrogen-bond acceptors (Lipinski definition) is 5. The summed E-state index contributed by atoms with van der Waals surface area (Å²) < 4.78 is 14.6. The molecule has 0 atom stereocenters. The lowest BCUT2D eigenvalue weighted by atomic mass is 9.88. The highest BCUT2D eigenvalue weighted by molar-refractivity contribution is 9.10. The van der Waals surface area contributed by atoms with E-state index < -0.39 is 0 Å². The molecule has 1 saturated carbocycles. The molecule has 0 spiro atoms. The molecule has 1 fully saturated rings. The predicted molar refractivity (Wildman–Crippen MR) is 164 cm³/mol. The van der Waals surface area contributed by atoms with Gasteiger partial charge in [-0.25, -0.2) is 4.98 Å². The molecule has 10 heteroatoms. The molecule has 4 aromatic rings. The molecule has 0 N–H and O–H groups in total. The van der Waals surface area contributed by atoms with Crippen molar-refractivity contribution in [3.8, 4) is 11.5 Å². The fraction of sp³-hybridized carbons (Fsp3) is 0.276. The standard InChI is InChI=1S/C29H25Br2Cl2N3O3/c1-38-26-12-19(22(31)14-27(26)39-16-17-7-9-23(32)24(33)11-17)15-34-36-28(18-5-3-2-4-6-18)35-25-10-8-20(30)13-21(25)29(36)37/h7-15,18H,2-6,16H2,1H3. The van der Waals surface area contributed by atoms with E-state index in [0.717, 1.165) is 45.8 Å². The van der Waals surface area contributed by atoms with Crippen molar-refractivity contribution in [2.45, 2.75) is 44.6 Å². The molecule has 6 nitrogen and oxygen atoms in total. The molecule has 0 unspecified atom stereocenters. The number of fused-ring (bicyclic) bond motifs is 1. The lowest BCUT2D eigenvalue weighted by Crippen LogP contribution is -2.25. The van der Waals surface area contributed by atoms with Crippen LogP contribution in [0.5, 0.6) is 11.5 Å². The van der Waals surface area contributed by atoms with Crippen LogP contribution in [0.25, 0.3) is 10.9 Å². The number of rotatable bonds is 7. The van der Waals surface area contributed by atoms with Gasteiger partial charge in [-0.2, -0.15) is 9.78 Å². The Bertz CT molecular complexity index is 1620. The molecule has 0 saturated heterocycles. The van der Waals surface area contributed by atoms with Crippen molar-refractivity contribution in [1.29, 1.82) is 0 Å². The summed E-state index contributed by atoms with van der Waals surface area (Å²) in [4.78, 5) is 18.5. The van der Waals surface area contributed by atoms with Gasteiger partial charge in [-0.3, -0.25) is 4.79 Å². The van der Waals surface area contributed by atoms with Crippen molar-refractivity contribution in [2.24, 2.45) is 5.10 Å². The van der Waals surface area contributed by atoms with Crippen molar-refractivity contribution < 1.29 is 9.47 Å². The minimum atomic E-state index is -0.192. The average molecular weight is 694 g/mol. The smallest absolute Gasteiger partial charge is 0.282 e. The fourth-order valence-electron chi connectivity index (χ4n) is 4.74. The molecule has 202 valence electrons. The number of halogens is 4. The maximum Gasteiger partial charge on any atom is 0.282 e. The van der Waals surface area contributed by atoms with Gasteiger partial charge in [0, 0.05) is 20.4 Å². The van der Waals surface area contributed by atoms with Gasteiger partial charge in [0.05, 0.1) is 34.3 Å². The van der Waals surface area contributed by atoms with Gasteiger partial charge in [0.25, 0.3) is 5.56 Å². The quantitative estimate of drug-likeness (QED) is 0.182. The first-order chi connectivity index (χ1) is 18.8. The first-order valence-electron chi connectivity index (χ1n) is 12.5. The van der Waals surface area contributed by atoms with Gasteiger partial charge in [0.15, 0.2) is 11.5 Å². The number of ether oxygens (including phenoxy) is 2. The summed E-state index contributed by atoms with van der Waals surface area (Å²) in [5.41, 5.74) is 2.09. The predicted octanol–water partition coefficient (Wildman–Crippen LogP) is 8.75. The van der Waals surface area contributed by atoms with Gasteiger partial charge in [-0.1, -0.05) is 64.5 Å². The van der Waals surface area contributed by atoms with Crippen LogP contribution in [0.1, 0.15) is 55.0 Å². The highest BCUT2D eigenvalue weighted by atomic mass is 79.9. The van der Waals surface area contributed by atoms with Crippen LogP contribution < -0.4 is 15.0 Å². The molecule has 5 rings (SSSR count). The number of methoxy groups -OCH3 is 1. The molecular weight excluding hydrogens is 669 g/mol. The second-order valence-electron chi connectivity index (χ2n) is 9.39. The Kier molecular flexibility index (Phi) is 8.96. The summed E-state index contributed by atoms with van der Waals surface area (Å²) in [6.07, 6.45) is 7.08. The molecule has 3 aromatic carbocycles. The number of aromatic nitrogens is 2. The molecule has 1 aliphatic carbocycles. The van der Waals surface area contributed by atoms with Crippen LogP contribution in [-0.4, -0.2) is 23.0 Å². The average Bonchev–Trinajstić information content (AvgIpc) is 2.94. The van der Waals surface area contributed by atoms with Crippen molar-refractivity contribution in [2.75, 3.05) is 7.11 Å². The van der Waals surface area contributed by atoms with Crippen molar-refractivity contribution in [3.05, 3.63) is 94.8 Å². The second-order valence-corrected chi connectivity index (χ2v) is 12.0. The highest BCUT2D eigenvalue weighted by Crippen LogP contribution is 2.35. The monoisotopic (exact) mass is 691 g/mol. The van der Waals surface area contributed by atoms with Crippen molar-refractivity contribution in [1.82, 2.24) is 9.66 Å². The first-order valence-corrected chi connectivity index (χ1v) is 14.9. The first kappa shape index (κ1) is 28.1. The summed E-state index contributed by atoms with van der Waals surface area (Å²) in [5, 5.41) is 6.13. The Hall–Kier alpha value is -2.39. The number of hydrogen-bond donors (Lipinski definition) is 0. The van der Waals surface area contributed by atoms with E-state index in [1.54, 1.807) is 31.5 Å². The minimum absolute atomic E-state index is 0.187. The Morgan fingerprint density at radius 1 is 1.03 bits per heavy atom. The van der Waals surface area contributed by atoms with Gasteiger partial charge in [-0.05, 0) is 76.8 Å². The summed E-state index contributed by atoms with van der Waals surface area (Å²) in [6.45, 7) is 0.283. The Morgan fingerprint density at radius 2 is 1.82 bits per heavy atom. The molecule has 0 bridgehead atoms. The minimum Gasteiger partial charge on any atom is -0.493 e. The van der Waals surface area contributed by atoms with Crippen LogP contribution in [0, 0.1) is 0 Å². The number of benzene rings is 3. The Labute approximate surface area is 253 Å². The molecule has 1 heterocycles. The molecule has 39 heavy (non-hydrogen) atoms. The van der Waals surface area contributed by atoms with E-state index in [9.17, 15) is 4.79 Å². The van der Waals surface area contributed by atoms with E-state index in [-0.39, 0.29) is 18.1 Å². The Morgan fingerprint density at radius 3 is 2.56 bits per heavy atom. The lowest BCUT2D eigenvalue weighted by molar-refractivity contribution is 0.284. The summed E-state index contributed by atoms with van der Waals surface area (Å²) >= 11 is 19.2. The SMILES string of the molecule is COc1cc(C=Nn2c(C3CCCCC3)nc3ccc(Br)cc3c2=O)c(Br)cc1OCc1ccc(Cl)c(Cl)c1. The summed E-state index contributed by atoms with van der Waals surface area (Å²) in [6, 6.07) is 14.6. The highest BCUT2D eigenvalue weighted by Gasteiger charge is 2.22. The maximum absolute atomic E-state index is 13.6. The molecule has 0 radical (unpaired) electrons. The summed E-state index contributed by atoms with van der Waals surface area (Å²) in [7, 11) is 1.58. The zero-order chi connectivity index (χ0) is 27.5. The van der Waals surface area contributed by atoms with E-state index in [4.69, 9.17) is 37.7 Å². The van der Waals surface area contributed by atoms with Crippen LogP contribution in [0.15, 0.2) is 67.4 Å². The van der Waals surface area contributed by atoms with Gasteiger partial charge < -0.3 is 9.47 Å². The van der Waals surface area contributed by atoms with Crippen LogP contribution in [0.2, 0.25) is 10.0 Å². The van der Waals surface area contributed by atoms with Crippen molar-refractivity contribution >= 4 is 72.2 Å². The topological polar surface area (TPSA) is 65.7 Å². The molecule has 0 aliphatic heterocycles. The van der Waals surface area contributed by atoms with Crippen LogP contribution in [0.4, 0.5) is 0 Å². The van der Waals surface area contributed by atoms with Crippen LogP contribution in [0.3, 0.4) is 0 Å². The Balaban J connectivity index is 1.49. The normalized spacial score (nSPS) is 14.3. The summed E-state index contributed by atoms with van der Waals surface area (Å²) in [5.74, 6) is 1.97. The third-order valence-electron chi connectivity index (χ3n) is 6.78. The second kappa shape index (κ2) is 12.4. The van der Waals surface area contributed by atoms with Gasteiger partial charge in [-0.15, -0.1) is 0 Å². The third kappa shape index (κ3) is 6.35. The maximum atomic E-state index is 13.6. The van der Waals surface area contributed by atoms with Crippen LogP contribution >= 0.6 is 55.1 Å². The molecular formula is C29H25Br2Cl2N3O3. The number of nitrogens with zero attached hydrogens (tertiary/aromatic N) is 3. The van der Waals surface area contributed by atoms with Crippen LogP contribution in [-0.2, 0) is 6.61 Å². The van der Waals surface area contributed by atoms with Crippen molar-refractivity contribution in [3.63, 3.8) is 0 Å². The van der Waals surface area contributed by atoms with E-state index >= 15 is 0 Å². The molecule has 1 aliphatic rings. The largest absolute Gasteiger partial charge is 0.493 e. The lowest BCUT2D eigenvalue weighted by Gasteiger charge is -2.22. The van der Waals surface area contributed by atoms with Gasteiger partial charge in [0.2, 0.25) is 0 Å². The zero-order valence-corrected chi connectivity index (χ0v) is 25.8. The molecule has 0 amide bonds. The van der Waals surface area contributed by atoms with E-state index in [2.05, 4.69) is 37.0 Å². The molecule has 1 aromatic heterocycles.